The highest BCUT2D eigenvalue weighted by atomic mass is 32.1. The molecule has 0 aliphatic heterocycles. The first-order chi connectivity index (χ1) is 13.2. The predicted molar refractivity (Wildman–Crippen MR) is 112 cm³/mol. The molecule has 2 rings (SSSR count). The summed E-state index contributed by atoms with van der Waals surface area (Å²) in [6.07, 6.45) is 3.21. The monoisotopic (exact) mass is 386 g/mol. The summed E-state index contributed by atoms with van der Waals surface area (Å²) in [5, 5.41) is 6.90. The summed E-state index contributed by atoms with van der Waals surface area (Å²) in [6, 6.07) is 17.8. The van der Waals surface area contributed by atoms with Gasteiger partial charge in [0.05, 0.1) is 7.11 Å². The zero-order chi connectivity index (χ0) is 19.3. The summed E-state index contributed by atoms with van der Waals surface area (Å²) in [6.45, 7) is 1.31. The van der Waals surface area contributed by atoms with Crippen molar-refractivity contribution >= 4 is 29.0 Å². The largest absolute Gasteiger partial charge is 0.489 e. The number of nitrogens with one attached hydrogen (secondary N) is 2. The van der Waals surface area contributed by atoms with Crippen molar-refractivity contribution in [1.82, 2.24) is 5.32 Å². The van der Waals surface area contributed by atoms with Gasteiger partial charge in [-0.05, 0) is 54.9 Å². The Morgan fingerprint density at radius 3 is 2.44 bits per heavy atom. The van der Waals surface area contributed by atoms with Crippen LogP contribution in [0.3, 0.4) is 0 Å². The van der Waals surface area contributed by atoms with Crippen molar-refractivity contribution in [3.8, 4) is 5.75 Å². The Morgan fingerprint density at radius 1 is 1.00 bits per heavy atom. The summed E-state index contributed by atoms with van der Waals surface area (Å²) in [5.41, 5.74) is 2.04. The van der Waals surface area contributed by atoms with Crippen LogP contribution in [0.2, 0.25) is 0 Å². The average Bonchev–Trinajstić information content (AvgIpc) is 2.70. The smallest absolute Gasteiger partial charge is 0.305 e. The Balaban J connectivity index is 1.62. The highest BCUT2D eigenvalue weighted by Gasteiger charge is 2.01. The molecule has 0 heterocycles. The summed E-state index contributed by atoms with van der Waals surface area (Å²) >= 11 is 5.29. The first-order valence-electron chi connectivity index (χ1n) is 9.06. The van der Waals surface area contributed by atoms with Crippen LogP contribution in [0.4, 0.5) is 5.69 Å². The lowest BCUT2D eigenvalue weighted by atomic mass is 10.2. The molecule has 0 radical (unpaired) electrons. The number of hydrogen-bond acceptors (Lipinski definition) is 4. The van der Waals surface area contributed by atoms with E-state index in [2.05, 4.69) is 15.4 Å². The Labute approximate surface area is 166 Å². The van der Waals surface area contributed by atoms with Gasteiger partial charge < -0.3 is 20.1 Å². The second-order valence-corrected chi connectivity index (χ2v) is 6.47. The van der Waals surface area contributed by atoms with Crippen LogP contribution in [0.1, 0.15) is 31.2 Å². The summed E-state index contributed by atoms with van der Waals surface area (Å²) in [5.74, 6) is 0.658. The molecule has 5 nitrogen and oxygen atoms in total. The molecule has 0 bridgehead atoms. The molecule has 0 saturated carbocycles. The van der Waals surface area contributed by atoms with Crippen LogP contribution in [0.25, 0.3) is 0 Å². The molecule has 0 spiro atoms. The van der Waals surface area contributed by atoms with Crippen LogP contribution in [-0.4, -0.2) is 24.7 Å². The number of anilines is 1. The van der Waals surface area contributed by atoms with Gasteiger partial charge in [0.2, 0.25) is 0 Å². The molecule has 6 heteroatoms. The SMILES string of the molecule is COC(=O)CCCCCNC(=S)Nc1ccc(OCc2ccccc2)cc1. The molecule has 0 atom stereocenters. The van der Waals surface area contributed by atoms with Crippen LogP contribution < -0.4 is 15.4 Å². The van der Waals surface area contributed by atoms with Crippen LogP contribution in [0.15, 0.2) is 54.6 Å². The standard InChI is InChI=1S/C21H26N2O3S/c1-25-20(24)10-6-3-7-15-22-21(27)23-18-11-13-19(14-12-18)26-16-17-8-4-2-5-9-17/h2,4-5,8-9,11-14H,3,6-7,10,15-16H2,1H3,(H2,22,23,27). The number of rotatable bonds is 10. The van der Waals surface area contributed by atoms with Crippen LogP contribution >= 0.6 is 12.2 Å². The highest BCUT2D eigenvalue weighted by molar-refractivity contribution is 7.80. The van der Waals surface area contributed by atoms with E-state index in [9.17, 15) is 4.79 Å². The lowest BCUT2D eigenvalue weighted by Gasteiger charge is -2.11. The van der Waals surface area contributed by atoms with Gasteiger partial charge in [0.25, 0.3) is 0 Å². The van der Waals surface area contributed by atoms with Crippen molar-refractivity contribution in [2.24, 2.45) is 0 Å². The molecule has 2 aromatic rings. The van der Waals surface area contributed by atoms with Gasteiger partial charge in [-0.1, -0.05) is 36.8 Å². The zero-order valence-electron chi connectivity index (χ0n) is 15.6. The fraction of sp³-hybridized carbons (Fsp3) is 0.333. The minimum absolute atomic E-state index is 0.156. The molecule has 0 aliphatic carbocycles. The van der Waals surface area contributed by atoms with Gasteiger partial charge in [0, 0.05) is 18.7 Å². The molecule has 144 valence electrons. The number of unbranched alkanes of at least 4 members (excludes halogenated alkanes) is 2. The van der Waals surface area contributed by atoms with Gasteiger partial charge in [0.15, 0.2) is 5.11 Å². The minimum atomic E-state index is -0.156. The number of thiocarbonyl (C=S) groups is 1. The Morgan fingerprint density at radius 2 is 1.74 bits per heavy atom. The quantitative estimate of drug-likeness (QED) is 0.361. The predicted octanol–water partition coefficient (Wildman–Crippen LogP) is 4.29. The molecule has 0 unspecified atom stereocenters. The van der Waals surface area contributed by atoms with Gasteiger partial charge in [-0.15, -0.1) is 0 Å². The molecule has 2 aromatic carbocycles. The molecular formula is C21H26N2O3S. The number of ether oxygens (including phenoxy) is 2. The van der Waals surface area contributed by atoms with Crippen LogP contribution in [0.5, 0.6) is 5.75 Å². The molecule has 0 amide bonds. The first-order valence-corrected chi connectivity index (χ1v) is 9.46. The molecule has 0 aromatic heterocycles. The maximum atomic E-state index is 11.0. The van der Waals surface area contributed by atoms with Crippen molar-refractivity contribution in [1.29, 1.82) is 0 Å². The fourth-order valence-electron chi connectivity index (χ4n) is 2.43. The maximum Gasteiger partial charge on any atom is 0.305 e. The highest BCUT2D eigenvalue weighted by Crippen LogP contribution is 2.17. The van der Waals surface area contributed by atoms with Crippen LogP contribution in [-0.2, 0) is 16.1 Å². The second kappa shape index (κ2) is 11.9. The Kier molecular flexibility index (Phi) is 9.13. The second-order valence-electron chi connectivity index (χ2n) is 6.07. The van der Waals surface area contributed by atoms with Crippen molar-refractivity contribution in [3.05, 3.63) is 60.2 Å². The van der Waals surface area contributed by atoms with E-state index >= 15 is 0 Å². The lowest BCUT2D eigenvalue weighted by molar-refractivity contribution is -0.140. The third-order valence-electron chi connectivity index (χ3n) is 3.93. The molecule has 0 fully saturated rings. The van der Waals surface area contributed by atoms with E-state index < -0.39 is 0 Å². The van der Waals surface area contributed by atoms with Gasteiger partial charge in [0.1, 0.15) is 12.4 Å². The molecule has 0 saturated heterocycles. The average molecular weight is 387 g/mol. The van der Waals surface area contributed by atoms with Crippen LogP contribution in [0, 0.1) is 0 Å². The van der Waals surface area contributed by atoms with Gasteiger partial charge in [-0.25, -0.2) is 0 Å². The first kappa shape index (κ1) is 20.7. The molecular weight excluding hydrogens is 360 g/mol. The number of carbonyl (C=O) groups excluding carboxylic acids is 1. The number of carbonyl (C=O) groups is 1. The topological polar surface area (TPSA) is 59.6 Å². The van der Waals surface area contributed by atoms with Crippen molar-refractivity contribution in [2.45, 2.75) is 32.3 Å². The van der Waals surface area contributed by atoms with E-state index in [1.54, 1.807) is 0 Å². The number of esters is 1. The van der Waals surface area contributed by atoms with E-state index in [4.69, 9.17) is 17.0 Å². The van der Waals surface area contributed by atoms with E-state index in [0.717, 1.165) is 42.8 Å². The molecule has 27 heavy (non-hydrogen) atoms. The minimum Gasteiger partial charge on any atom is -0.489 e. The molecule has 2 N–H and O–H groups in total. The van der Waals surface area contributed by atoms with Crippen molar-refractivity contribution < 1.29 is 14.3 Å². The number of benzene rings is 2. The van der Waals surface area contributed by atoms with Gasteiger partial charge >= 0.3 is 5.97 Å². The normalized spacial score (nSPS) is 10.1. The Hall–Kier alpha value is -2.60. The summed E-state index contributed by atoms with van der Waals surface area (Å²) in [7, 11) is 1.41. The summed E-state index contributed by atoms with van der Waals surface area (Å²) < 4.78 is 10.4. The van der Waals surface area contributed by atoms with Gasteiger partial charge in [-0.3, -0.25) is 4.79 Å². The lowest BCUT2D eigenvalue weighted by Crippen LogP contribution is -2.29. The van der Waals surface area contributed by atoms with Crippen molar-refractivity contribution in [3.63, 3.8) is 0 Å². The maximum absolute atomic E-state index is 11.0. The van der Waals surface area contributed by atoms with E-state index in [0.29, 0.717) is 18.1 Å². The number of hydrogen-bond donors (Lipinski definition) is 2. The van der Waals surface area contributed by atoms with E-state index in [1.807, 2.05) is 54.6 Å². The van der Waals surface area contributed by atoms with E-state index in [1.165, 1.54) is 7.11 Å². The Bertz CT molecular complexity index is 705. The third-order valence-corrected chi connectivity index (χ3v) is 4.18. The third kappa shape index (κ3) is 8.55. The van der Waals surface area contributed by atoms with Gasteiger partial charge in [-0.2, -0.15) is 0 Å². The number of methoxy groups -OCH3 is 1. The molecule has 0 aliphatic rings. The van der Waals surface area contributed by atoms with Crippen molar-refractivity contribution in [2.75, 3.05) is 19.0 Å². The van der Waals surface area contributed by atoms with E-state index in [-0.39, 0.29) is 5.97 Å². The summed E-state index contributed by atoms with van der Waals surface area (Å²) in [4.78, 5) is 11.0. The fourth-order valence-corrected chi connectivity index (χ4v) is 2.65. The zero-order valence-corrected chi connectivity index (χ0v) is 16.4.